The third-order valence-corrected chi connectivity index (χ3v) is 5.26. The Labute approximate surface area is 176 Å². The van der Waals surface area contributed by atoms with Crippen LogP contribution in [0.4, 0.5) is 8.78 Å². The second kappa shape index (κ2) is 9.09. The minimum absolute atomic E-state index is 0.0123. The van der Waals surface area contributed by atoms with E-state index in [4.69, 9.17) is 5.11 Å². The Morgan fingerprint density at radius 1 is 1.10 bits per heavy atom. The van der Waals surface area contributed by atoms with Crippen molar-refractivity contribution in [3.63, 3.8) is 0 Å². The average Bonchev–Trinajstić information content (AvgIpc) is 3.16. The Hall–Kier alpha value is -3.19. The molecule has 2 aromatic carbocycles. The number of alkyl halides is 2. The third-order valence-electron chi connectivity index (χ3n) is 4.34. The normalized spacial score (nSPS) is 11.7. The number of halogens is 2. The molecule has 1 aromatic heterocycles. The van der Waals surface area contributed by atoms with Crippen molar-refractivity contribution in [2.24, 2.45) is 0 Å². The molecule has 0 aliphatic heterocycles. The molecule has 0 fully saturated rings. The van der Waals surface area contributed by atoms with Crippen LogP contribution in [0.15, 0.2) is 77.8 Å². The molecular formula is C23H19F2NO3S. The monoisotopic (exact) mass is 427 g/mol. The molecule has 0 spiro atoms. The van der Waals surface area contributed by atoms with Crippen LogP contribution >= 0.6 is 11.8 Å². The molecule has 0 radical (unpaired) electrons. The SMILES string of the molecule is Cc1ccc(C(=O)c2cccn2C/C=C/c2cccc(SC(F)(F)C(=O)O)c2)cc1. The number of allylic oxidation sites excluding steroid dienone is 1. The molecule has 0 atom stereocenters. The van der Waals surface area contributed by atoms with Crippen LogP contribution in [0.5, 0.6) is 0 Å². The van der Waals surface area contributed by atoms with Gasteiger partial charge in [-0.2, -0.15) is 8.78 Å². The van der Waals surface area contributed by atoms with Crippen molar-refractivity contribution in [2.75, 3.05) is 0 Å². The van der Waals surface area contributed by atoms with Gasteiger partial charge in [0.25, 0.3) is 0 Å². The molecule has 4 nitrogen and oxygen atoms in total. The summed E-state index contributed by atoms with van der Waals surface area (Å²) in [6.07, 6.45) is 5.35. The number of aryl methyl sites for hydroxylation is 1. The van der Waals surface area contributed by atoms with Gasteiger partial charge in [-0.1, -0.05) is 54.1 Å². The van der Waals surface area contributed by atoms with Crippen molar-refractivity contribution < 1.29 is 23.5 Å². The Kier molecular flexibility index (Phi) is 6.52. The second-order valence-corrected chi connectivity index (χ2v) is 7.83. The topological polar surface area (TPSA) is 59.3 Å². The molecule has 0 bridgehead atoms. The lowest BCUT2D eigenvalue weighted by Gasteiger charge is -2.10. The number of thioether (sulfide) groups is 1. The van der Waals surface area contributed by atoms with Gasteiger partial charge in [-0.15, -0.1) is 0 Å². The molecule has 30 heavy (non-hydrogen) atoms. The first-order chi connectivity index (χ1) is 14.3. The van der Waals surface area contributed by atoms with Crippen molar-refractivity contribution in [2.45, 2.75) is 23.6 Å². The van der Waals surface area contributed by atoms with E-state index in [0.29, 0.717) is 23.4 Å². The maximum Gasteiger partial charge on any atom is 0.393 e. The van der Waals surface area contributed by atoms with Gasteiger partial charge in [0, 0.05) is 23.2 Å². The summed E-state index contributed by atoms with van der Waals surface area (Å²) in [4.78, 5) is 23.5. The summed E-state index contributed by atoms with van der Waals surface area (Å²) in [5.41, 5.74) is 2.88. The fourth-order valence-corrected chi connectivity index (χ4v) is 3.53. The van der Waals surface area contributed by atoms with Crippen LogP contribution < -0.4 is 0 Å². The number of benzene rings is 2. The highest BCUT2D eigenvalue weighted by atomic mass is 32.2. The molecule has 3 aromatic rings. The summed E-state index contributed by atoms with van der Waals surface area (Å²) in [6, 6.07) is 17.1. The lowest BCUT2D eigenvalue weighted by molar-refractivity contribution is -0.152. The van der Waals surface area contributed by atoms with Crippen molar-refractivity contribution in [3.8, 4) is 0 Å². The summed E-state index contributed by atoms with van der Waals surface area (Å²) < 4.78 is 28.6. The molecule has 7 heteroatoms. The van der Waals surface area contributed by atoms with E-state index in [9.17, 15) is 18.4 Å². The minimum atomic E-state index is -3.89. The van der Waals surface area contributed by atoms with Gasteiger partial charge in [0.15, 0.2) is 0 Å². The third kappa shape index (κ3) is 5.24. The van der Waals surface area contributed by atoms with Gasteiger partial charge >= 0.3 is 11.2 Å². The number of hydrogen-bond donors (Lipinski definition) is 1. The van der Waals surface area contributed by atoms with Crippen molar-refractivity contribution in [1.82, 2.24) is 4.57 Å². The molecule has 0 amide bonds. The van der Waals surface area contributed by atoms with Crippen LogP contribution in [0.3, 0.4) is 0 Å². The number of aromatic nitrogens is 1. The Morgan fingerprint density at radius 2 is 1.83 bits per heavy atom. The van der Waals surface area contributed by atoms with Crippen LogP contribution in [-0.2, 0) is 11.3 Å². The van der Waals surface area contributed by atoms with Crippen molar-refractivity contribution >= 4 is 29.6 Å². The molecule has 3 rings (SSSR count). The summed E-state index contributed by atoms with van der Waals surface area (Å²) in [5.74, 6) is -2.26. The number of carbonyl (C=O) groups is 2. The average molecular weight is 427 g/mol. The number of nitrogens with zero attached hydrogens (tertiary/aromatic N) is 1. The molecule has 1 heterocycles. The van der Waals surface area contributed by atoms with E-state index in [2.05, 4.69) is 0 Å². The Balaban J connectivity index is 1.70. The zero-order chi connectivity index (χ0) is 21.7. The number of carbonyl (C=O) groups excluding carboxylic acids is 1. The molecule has 0 saturated heterocycles. The lowest BCUT2D eigenvalue weighted by atomic mass is 10.1. The zero-order valence-electron chi connectivity index (χ0n) is 16.1. The van der Waals surface area contributed by atoms with Crippen LogP contribution in [0, 0.1) is 6.92 Å². The predicted octanol–water partition coefficient (Wildman–Crippen LogP) is 5.51. The molecule has 0 saturated carbocycles. The number of carboxylic acid groups (broad SMARTS) is 1. The highest BCUT2D eigenvalue weighted by Crippen LogP contribution is 2.36. The van der Waals surface area contributed by atoms with Gasteiger partial charge in [0.05, 0.1) is 5.69 Å². The molecular weight excluding hydrogens is 408 g/mol. The number of ketones is 1. The summed E-state index contributed by atoms with van der Waals surface area (Å²) in [6.45, 7) is 2.38. The number of rotatable bonds is 8. The molecule has 0 aliphatic rings. The Morgan fingerprint density at radius 3 is 2.53 bits per heavy atom. The maximum absolute atomic E-state index is 13.4. The first-order valence-electron chi connectivity index (χ1n) is 9.09. The fraction of sp³-hybridized carbons (Fsp3) is 0.130. The first-order valence-corrected chi connectivity index (χ1v) is 9.91. The van der Waals surface area contributed by atoms with E-state index < -0.39 is 11.2 Å². The van der Waals surface area contributed by atoms with Crippen LogP contribution in [0.25, 0.3) is 6.08 Å². The largest absolute Gasteiger partial charge is 0.476 e. The van der Waals surface area contributed by atoms with Crippen molar-refractivity contribution in [3.05, 3.63) is 95.3 Å². The van der Waals surface area contributed by atoms with Gasteiger partial charge < -0.3 is 9.67 Å². The number of carboxylic acids is 1. The van der Waals surface area contributed by atoms with E-state index in [-0.39, 0.29) is 22.4 Å². The van der Waals surface area contributed by atoms with E-state index in [0.717, 1.165) is 5.56 Å². The fourth-order valence-electron chi connectivity index (χ4n) is 2.81. The number of aliphatic carboxylic acids is 1. The van der Waals surface area contributed by atoms with Gasteiger partial charge in [-0.3, -0.25) is 4.79 Å². The van der Waals surface area contributed by atoms with E-state index in [1.165, 1.54) is 12.1 Å². The molecule has 0 unspecified atom stereocenters. The standard InChI is InChI=1S/C23H19F2NO3S/c1-16-9-11-18(12-10-16)21(27)20-8-4-14-26(20)13-3-6-17-5-2-7-19(15-17)30-23(24,25)22(28)29/h2-12,14-15H,13H2,1H3,(H,28,29)/b6-3+. The van der Waals surface area contributed by atoms with E-state index >= 15 is 0 Å². The van der Waals surface area contributed by atoms with Gasteiger partial charge in [0.1, 0.15) is 0 Å². The summed E-state index contributed by atoms with van der Waals surface area (Å²) >= 11 is -0.0123. The lowest BCUT2D eigenvalue weighted by Crippen LogP contribution is -2.23. The zero-order valence-corrected chi connectivity index (χ0v) is 16.9. The van der Waals surface area contributed by atoms with Crippen LogP contribution in [-0.4, -0.2) is 26.7 Å². The summed E-state index contributed by atoms with van der Waals surface area (Å²) in [5, 5.41) is 4.68. The minimum Gasteiger partial charge on any atom is -0.476 e. The van der Waals surface area contributed by atoms with Gasteiger partial charge in [-0.25, -0.2) is 4.79 Å². The maximum atomic E-state index is 13.4. The number of hydrogen-bond acceptors (Lipinski definition) is 3. The molecule has 154 valence electrons. The second-order valence-electron chi connectivity index (χ2n) is 6.64. The van der Waals surface area contributed by atoms with Crippen LogP contribution in [0.1, 0.15) is 27.2 Å². The van der Waals surface area contributed by atoms with E-state index in [1.807, 2.05) is 25.1 Å². The van der Waals surface area contributed by atoms with Crippen molar-refractivity contribution in [1.29, 1.82) is 0 Å². The highest BCUT2D eigenvalue weighted by Gasteiger charge is 2.40. The smallest absolute Gasteiger partial charge is 0.393 e. The van der Waals surface area contributed by atoms with Gasteiger partial charge in [0.2, 0.25) is 5.78 Å². The molecule has 0 aliphatic carbocycles. The highest BCUT2D eigenvalue weighted by molar-refractivity contribution is 8.01. The summed E-state index contributed by atoms with van der Waals surface area (Å²) in [7, 11) is 0. The first kappa shape index (κ1) is 21.5. The van der Waals surface area contributed by atoms with Gasteiger partial charge in [-0.05, 0) is 48.5 Å². The van der Waals surface area contributed by atoms with E-state index in [1.54, 1.807) is 53.2 Å². The quantitative estimate of drug-likeness (QED) is 0.380. The van der Waals surface area contributed by atoms with Crippen LogP contribution in [0.2, 0.25) is 0 Å². The predicted molar refractivity (Wildman–Crippen MR) is 113 cm³/mol. The molecule has 1 N–H and O–H groups in total. The Bertz CT molecular complexity index is 1090.